The van der Waals surface area contributed by atoms with E-state index in [9.17, 15) is 9.59 Å². The highest BCUT2D eigenvalue weighted by Crippen LogP contribution is 2.31. The number of carboxylic acids is 1. The van der Waals surface area contributed by atoms with Crippen LogP contribution in [0.5, 0.6) is 0 Å². The maximum atomic E-state index is 12.0. The summed E-state index contributed by atoms with van der Waals surface area (Å²) in [6, 6.07) is 0.115. The molecule has 1 saturated carbocycles. The molecular formula is C13H21NO4. The summed E-state index contributed by atoms with van der Waals surface area (Å²) in [5.41, 5.74) is 0. The van der Waals surface area contributed by atoms with Gasteiger partial charge in [-0.2, -0.15) is 0 Å². The molecule has 5 heteroatoms. The van der Waals surface area contributed by atoms with Gasteiger partial charge in [0.1, 0.15) is 0 Å². The van der Waals surface area contributed by atoms with Crippen molar-refractivity contribution in [2.45, 2.75) is 38.6 Å². The second-order valence-corrected chi connectivity index (χ2v) is 5.47. The van der Waals surface area contributed by atoms with Gasteiger partial charge in [0.25, 0.3) is 0 Å². The standard InChI is InChI=1S/C13H21NO4/c1-8(11-4-5-18-7-11)14-12(15)9-2-3-10(6-9)13(16)17/h8-11H,2-7H2,1H3,(H,14,15)(H,16,17)/t8?,9-,10+,11?/m1/s1. The van der Waals surface area contributed by atoms with Crippen molar-refractivity contribution in [2.24, 2.45) is 17.8 Å². The van der Waals surface area contributed by atoms with Crippen LogP contribution < -0.4 is 5.32 Å². The maximum Gasteiger partial charge on any atom is 0.306 e. The van der Waals surface area contributed by atoms with Crippen molar-refractivity contribution >= 4 is 11.9 Å². The molecule has 1 heterocycles. The largest absolute Gasteiger partial charge is 0.481 e. The van der Waals surface area contributed by atoms with Crippen molar-refractivity contribution < 1.29 is 19.4 Å². The Balaban J connectivity index is 1.79. The number of amides is 1. The number of carbonyl (C=O) groups is 2. The fraction of sp³-hybridized carbons (Fsp3) is 0.846. The molecule has 1 aliphatic heterocycles. The Hall–Kier alpha value is -1.10. The molecule has 1 saturated heterocycles. The summed E-state index contributed by atoms with van der Waals surface area (Å²) in [6.07, 6.45) is 2.78. The van der Waals surface area contributed by atoms with Crippen LogP contribution in [0.2, 0.25) is 0 Å². The van der Waals surface area contributed by atoms with Gasteiger partial charge in [-0.25, -0.2) is 0 Å². The Morgan fingerprint density at radius 3 is 2.56 bits per heavy atom. The Morgan fingerprint density at radius 2 is 2.00 bits per heavy atom. The van der Waals surface area contributed by atoms with Gasteiger partial charge in [0, 0.05) is 24.5 Å². The predicted octanol–water partition coefficient (Wildman–Crippen LogP) is 1.03. The lowest BCUT2D eigenvalue weighted by Crippen LogP contribution is -2.41. The summed E-state index contributed by atoms with van der Waals surface area (Å²) >= 11 is 0. The number of ether oxygens (including phenoxy) is 1. The molecule has 2 unspecified atom stereocenters. The molecule has 0 radical (unpaired) electrons. The van der Waals surface area contributed by atoms with Crippen LogP contribution in [0.1, 0.15) is 32.6 Å². The fourth-order valence-electron chi connectivity index (χ4n) is 2.85. The summed E-state index contributed by atoms with van der Waals surface area (Å²) in [4.78, 5) is 22.9. The van der Waals surface area contributed by atoms with E-state index in [4.69, 9.17) is 9.84 Å². The average Bonchev–Trinajstić information content (AvgIpc) is 3.00. The van der Waals surface area contributed by atoms with Gasteiger partial charge in [0.15, 0.2) is 0 Å². The van der Waals surface area contributed by atoms with Gasteiger partial charge in [-0.15, -0.1) is 0 Å². The molecule has 0 aromatic heterocycles. The van der Waals surface area contributed by atoms with Crippen molar-refractivity contribution in [3.8, 4) is 0 Å². The smallest absolute Gasteiger partial charge is 0.306 e. The minimum atomic E-state index is -0.775. The molecule has 5 nitrogen and oxygen atoms in total. The minimum absolute atomic E-state index is 0.0122. The second-order valence-electron chi connectivity index (χ2n) is 5.47. The Kier molecular flexibility index (Phi) is 4.22. The minimum Gasteiger partial charge on any atom is -0.481 e. The van der Waals surface area contributed by atoms with Crippen LogP contribution in [-0.4, -0.2) is 36.2 Å². The summed E-state index contributed by atoms with van der Waals surface area (Å²) < 4.78 is 5.30. The van der Waals surface area contributed by atoms with Crippen LogP contribution in [0.4, 0.5) is 0 Å². The average molecular weight is 255 g/mol. The third kappa shape index (κ3) is 3.02. The van der Waals surface area contributed by atoms with Gasteiger partial charge in [-0.05, 0) is 32.6 Å². The monoisotopic (exact) mass is 255 g/mol. The highest BCUT2D eigenvalue weighted by atomic mass is 16.5. The molecule has 0 aromatic carbocycles. The van der Waals surface area contributed by atoms with E-state index in [0.29, 0.717) is 31.8 Å². The highest BCUT2D eigenvalue weighted by molar-refractivity contribution is 5.81. The van der Waals surface area contributed by atoms with Gasteiger partial charge in [0.2, 0.25) is 5.91 Å². The van der Waals surface area contributed by atoms with Gasteiger partial charge in [-0.1, -0.05) is 0 Å². The van der Waals surface area contributed by atoms with E-state index in [1.165, 1.54) is 0 Å². The molecule has 1 aliphatic carbocycles. The van der Waals surface area contributed by atoms with E-state index in [1.807, 2.05) is 6.92 Å². The van der Waals surface area contributed by atoms with Crippen molar-refractivity contribution in [3.05, 3.63) is 0 Å². The molecule has 4 atom stereocenters. The molecule has 102 valence electrons. The predicted molar refractivity (Wildman–Crippen MR) is 65.0 cm³/mol. The molecule has 1 amide bonds. The first-order valence-corrected chi connectivity index (χ1v) is 6.69. The third-order valence-electron chi connectivity index (χ3n) is 4.19. The fourth-order valence-corrected chi connectivity index (χ4v) is 2.85. The Labute approximate surface area is 107 Å². The van der Waals surface area contributed by atoms with E-state index < -0.39 is 5.97 Å². The summed E-state index contributed by atoms with van der Waals surface area (Å²) in [5, 5.41) is 11.9. The molecule has 2 rings (SSSR count). The van der Waals surface area contributed by atoms with Crippen molar-refractivity contribution in [1.82, 2.24) is 5.32 Å². The lowest BCUT2D eigenvalue weighted by molar-refractivity contribution is -0.141. The van der Waals surface area contributed by atoms with Gasteiger partial charge >= 0.3 is 5.97 Å². The van der Waals surface area contributed by atoms with E-state index in [-0.39, 0.29) is 23.8 Å². The Bertz CT molecular complexity index is 325. The van der Waals surface area contributed by atoms with Gasteiger partial charge in [0.05, 0.1) is 12.5 Å². The molecule has 2 aliphatic rings. The van der Waals surface area contributed by atoms with Crippen LogP contribution in [-0.2, 0) is 14.3 Å². The first-order chi connectivity index (χ1) is 8.58. The third-order valence-corrected chi connectivity index (χ3v) is 4.19. The van der Waals surface area contributed by atoms with Crippen LogP contribution in [0.3, 0.4) is 0 Å². The molecular weight excluding hydrogens is 234 g/mol. The lowest BCUT2D eigenvalue weighted by Gasteiger charge is -2.21. The zero-order valence-electron chi connectivity index (χ0n) is 10.7. The highest BCUT2D eigenvalue weighted by Gasteiger charge is 2.35. The van der Waals surface area contributed by atoms with Gasteiger partial charge < -0.3 is 15.2 Å². The zero-order valence-corrected chi connectivity index (χ0v) is 10.7. The SMILES string of the molecule is CC(NC(=O)[C@@H]1CC[C@H](C(=O)O)C1)C1CCOC1. The number of nitrogens with one attached hydrogen (secondary N) is 1. The molecule has 2 N–H and O–H groups in total. The quantitative estimate of drug-likeness (QED) is 0.786. The first kappa shape index (κ1) is 13.3. The number of hydrogen-bond donors (Lipinski definition) is 2. The van der Waals surface area contributed by atoms with E-state index in [1.54, 1.807) is 0 Å². The van der Waals surface area contributed by atoms with Crippen molar-refractivity contribution in [2.75, 3.05) is 13.2 Å². The maximum absolute atomic E-state index is 12.0. The summed E-state index contributed by atoms with van der Waals surface area (Å²) in [7, 11) is 0. The second kappa shape index (κ2) is 5.69. The van der Waals surface area contributed by atoms with Gasteiger partial charge in [-0.3, -0.25) is 9.59 Å². The first-order valence-electron chi connectivity index (χ1n) is 6.69. The molecule has 2 fully saturated rings. The summed E-state index contributed by atoms with van der Waals surface area (Å²) in [6.45, 7) is 3.49. The number of hydrogen-bond acceptors (Lipinski definition) is 3. The Morgan fingerprint density at radius 1 is 1.28 bits per heavy atom. The topological polar surface area (TPSA) is 75.6 Å². The molecule has 0 aromatic rings. The molecule has 18 heavy (non-hydrogen) atoms. The molecule has 0 spiro atoms. The van der Waals surface area contributed by atoms with Crippen LogP contribution in [0, 0.1) is 17.8 Å². The van der Waals surface area contributed by atoms with E-state index >= 15 is 0 Å². The van der Waals surface area contributed by atoms with E-state index in [0.717, 1.165) is 13.0 Å². The zero-order chi connectivity index (χ0) is 13.1. The lowest BCUT2D eigenvalue weighted by atomic mass is 9.98. The van der Waals surface area contributed by atoms with Crippen molar-refractivity contribution in [1.29, 1.82) is 0 Å². The normalized spacial score (nSPS) is 33.3. The van der Waals surface area contributed by atoms with Crippen molar-refractivity contribution in [3.63, 3.8) is 0 Å². The number of carbonyl (C=O) groups excluding carboxylic acids is 1. The number of rotatable bonds is 4. The van der Waals surface area contributed by atoms with E-state index in [2.05, 4.69) is 5.32 Å². The summed E-state index contributed by atoms with van der Waals surface area (Å²) in [5.74, 6) is -0.840. The molecule has 0 bridgehead atoms. The number of carboxylic acid groups (broad SMARTS) is 1. The van der Waals surface area contributed by atoms with Crippen LogP contribution >= 0.6 is 0 Å². The van der Waals surface area contributed by atoms with Crippen LogP contribution in [0.15, 0.2) is 0 Å². The van der Waals surface area contributed by atoms with Crippen LogP contribution in [0.25, 0.3) is 0 Å². The number of aliphatic carboxylic acids is 1.